The second-order valence-electron chi connectivity index (χ2n) is 6.92. The monoisotopic (exact) mass is 412 g/mol. The van der Waals surface area contributed by atoms with E-state index in [1.807, 2.05) is 18.2 Å². The highest BCUT2D eigenvalue weighted by molar-refractivity contribution is 6.03. The summed E-state index contributed by atoms with van der Waals surface area (Å²) >= 11 is 0. The number of methoxy groups -OCH3 is 1. The van der Waals surface area contributed by atoms with Crippen molar-refractivity contribution in [3.05, 3.63) is 65.5 Å². The lowest BCUT2D eigenvalue weighted by molar-refractivity contribution is -0.133. The second kappa shape index (κ2) is 9.39. The number of carbonyl (C=O) groups is 2. The summed E-state index contributed by atoms with van der Waals surface area (Å²) in [6.45, 7) is 2.10. The number of amides is 3. The van der Waals surface area contributed by atoms with Gasteiger partial charge in [-0.3, -0.25) is 4.79 Å². The van der Waals surface area contributed by atoms with Crippen LogP contribution >= 0.6 is 0 Å². The van der Waals surface area contributed by atoms with Crippen molar-refractivity contribution in [2.45, 2.75) is 19.4 Å². The Morgan fingerprint density at radius 1 is 1.23 bits per heavy atom. The van der Waals surface area contributed by atoms with Crippen LogP contribution in [0.2, 0.25) is 0 Å². The van der Waals surface area contributed by atoms with Crippen molar-refractivity contribution in [2.75, 3.05) is 27.2 Å². The first-order chi connectivity index (χ1) is 14.5. The van der Waals surface area contributed by atoms with Gasteiger partial charge in [0.15, 0.2) is 0 Å². The highest BCUT2D eigenvalue weighted by atomic mass is 19.1. The number of para-hydroxylation sites is 1. The lowest BCUT2D eigenvalue weighted by Crippen LogP contribution is -2.43. The number of ether oxygens (including phenoxy) is 1. The Kier molecular flexibility index (Phi) is 6.66. The van der Waals surface area contributed by atoms with Gasteiger partial charge in [0, 0.05) is 31.1 Å². The van der Waals surface area contributed by atoms with Crippen molar-refractivity contribution >= 4 is 17.6 Å². The molecule has 30 heavy (non-hydrogen) atoms. The van der Waals surface area contributed by atoms with Gasteiger partial charge in [0.1, 0.15) is 18.1 Å². The third-order valence-corrected chi connectivity index (χ3v) is 4.90. The van der Waals surface area contributed by atoms with Crippen molar-refractivity contribution < 1.29 is 18.7 Å². The molecule has 8 heteroatoms. The van der Waals surface area contributed by atoms with Gasteiger partial charge in [-0.1, -0.05) is 36.4 Å². The molecule has 1 aliphatic rings. The summed E-state index contributed by atoms with van der Waals surface area (Å²) in [6, 6.07) is 12.9. The smallest absolute Gasteiger partial charge is 0.317 e. The maximum atomic E-state index is 14.4. The minimum absolute atomic E-state index is 0.161. The standard InChI is InChI=1S/C22H25FN4O3/c1-4-24-22(29)26(2)14-21(28)27-19(16-10-6-8-12-20(16)30-3)13-18(25-27)15-9-5-7-11-17(15)23/h5-12,19H,4,13-14H2,1-3H3,(H,24,29)/t19-/m0/s1. The molecular formula is C22H25FN4O3. The van der Waals surface area contributed by atoms with Gasteiger partial charge in [0.05, 0.1) is 18.9 Å². The van der Waals surface area contributed by atoms with Crippen LogP contribution in [-0.4, -0.2) is 54.8 Å². The van der Waals surface area contributed by atoms with E-state index in [4.69, 9.17) is 4.74 Å². The third-order valence-electron chi connectivity index (χ3n) is 4.90. The predicted octanol–water partition coefficient (Wildman–Crippen LogP) is 3.17. The van der Waals surface area contributed by atoms with Crippen molar-refractivity contribution in [1.29, 1.82) is 0 Å². The molecule has 0 bridgehead atoms. The molecule has 0 unspecified atom stereocenters. The molecule has 0 saturated carbocycles. The quantitative estimate of drug-likeness (QED) is 0.792. The molecule has 1 atom stereocenters. The average molecular weight is 412 g/mol. The van der Waals surface area contributed by atoms with Gasteiger partial charge in [-0.25, -0.2) is 14.2 Å². The number of nitrogens with zero attached hydrogens (tertiary/aromatic N) is 3. The Hall–Kier alpha value is -3.42. The molecule has 2 aromatic rings. The number of hydrogen-bond acceptors (Lipinski definition) is 4. The average Bonchev–Trinajstić information content (AvgIpc) is 3.19. The zero-order valence-electron chi connectivity index (χ0n) is 17.3. The molecule has 0 aromatic heterocycles. The first-order valence-corrected chi connectivity index (χ1v) is 9.72. The summed E-state index contributed by atoms with van der Waals surface area (Å²) < 4.78 is 19.8. The number of carbonyl (C=O) groups excluding carboxylic acids is 2. The maximum Gasteiger partial charge on any atom is 0.317 e. The number of urea groups is 1. The molecule has 0 radical (unpaired) electrons. The number of nitrogens with one attached hydrogen (secondary N) is 1. The van der Waals surface area contributed by atoms with Crippen LogP contribution in [0, 0.1) is 5.82 Å². The van der Waals surface area contributed by atoms with E-state index < -0.39 is 11.9 Å². The minimum Gasteiger partial charge on any atom is -0.496 e. The number of hydrazone groups is 1. The van der Waals surface area contributed by atoms with Crippen LogP contribution in [0.1, 0.15) is 30.5 Å². The molecule has 7 nitrogen and oxygen atoms in total. The van der Waals surface area contributed by atoms with Gasteiger partial charge in [0.25, 0.3) is 5.91 Å². The number of hydrogen-bond donors (Lipinski definition) is 1. The molecule has 3 rings (SSSR count). The number of benzene rings is 2. The van der Waals surface area contributed by atoms with E-state index in [1.54, 1.807) is 45.3 Å². The van der Waals surface area contributed by atoms with E-state index in [9.17, 15) is 14.0 Å². The summed E-state index contributed by atoms with van der Waals surface area (Å²) in [4.78, 5) is 26.4. The van der Waals surface area contributed by atoms with Gasteiger partial charge >= 0.3 is 6.03 Å². The van der Waals surface area contributed by atoms with E-state index in [0.29, 0.717) is 30.0 Å². The number of rotatable bonds is 6. The van der Waals surface area contributed by atoms with Gasteiger partial charge in [-0.05, 0) is 19.1 Å². The van der Waals surface area contributed by atoms with Gasteiger partial charge < -0.3 is 15.0 Å². The summed E-state index contributed by atoms with van der Waals surface area (Å²) in [5, 5.41) is 8.44. The number of halogens is 1. The van der Waals surface area contributed by atoms with Gasteiger partial charge in [-0.15, -0.1) is 0 Å². The zero-order valence-corrected chi connectivity index (χ0v) is 17.3. The number of likely N-dealkylation sites (N-methyl/N-ethyl adjacent to an activating group) is 1. The SMILES string of the molecule is CCNC(=O)N(C)CC(=O)N1N=C(c2ccccc2F)C[C@H]1c1ccccc1OC. The Labute approximate surface area is 175 Å². The van der Waals surface area contributed by atoms with Crippen LogP contribution < -0.4 is 10.1 Å². The highest BCUT2D eigenvalue weighted by Gasteiger charge is 2.36. The zero-order chi connectivity index (χ0) is 21.7. The van der Waals surface area contributed by atoms with Crippen molar-refractivity contribution in [2.24, 2.45) is 5.10 Å². The van der Waals surface area contributed by atoms with Crippen LogP contribution in [0.25, 0.3) is 0 Å². The summed E-state index contributed by atoms with van der Waals surface area (Å²) in [6.07, 6.45) is 0.331. The largest absolute Gasteiger partial charge is 0.496 e. The van der Waals surface area contributed by atoms with Crippen molar-refractivity contribution in [3.8, 4) is 5.75 Å². The van der Waals surface area contributed by atoms with Crippen molar-refractivity contribution in [3.63, 3.8) is 0 Å². The fourth-order valence-corrected chi connectivity index (χ4v) is 3.42. The normalized spacial score (nSPS) is 15.5. The van der Waals surface area contributed by atoms with E-state index >= 15 is 0 Å². The Balaban J connectivity index is 1.94. The third kappa shape index (κ3) is 4.42. The predicted molar refractivity (Wildman–Crippen MR) is 112 cm³/mol. The fraction of sp³-hybridized carbons (Fsp3) is 0.318. The van der Waals surface area contributed by atoms with Gasteiger partial charge in [0.2, 0.25) is 0 Å². The molecule has 0 fully saturated rings. The van der Waals surface area contributed by atoms with Crippen LogP contribution in [0.15, 0.2) is 53.6 Å². The molecule has 1 N–H and O–H groups in total. The summed E-state index contributed by atoms with van der Waals surface area (Å²) in [7, 11) is 3.10. The van der Waals surface area contributed by atoms with Crippen LogP contribution in [-0.2, 0) is 4.79 Å². The molecule has 0 saturated heterocycles. The minimum atomic E-state index is -0.467. The first kappa shape index (κ1) is 21.3. The van der Waals surface area contributed by atoms with E-state index in [2.05, 4.69) is 10.4 Å². The van der Waals surface area contributed by atoms with E-state index in [-0.39, 0.29) is 18.5 Å². The van der Waals surface area contributed by atoms with E-state index in [1.165, 1.54) is 16.0 Å². The summed E-state index contributed by atoms with van der Waals surface area (Å²) in [5.41, 5.74) is 1.59. The molecule has 2 aromatic carbocycles. The molecule has 1 aliphatic heterocycles. The molecule has 1 heterocycles. The second-order valence-corrected chi connectivity index (χ2v) is 6.92. The highest BCUT2D eigenvalue weighted by Crippen LogP contribution is 2.37. The van der Waals surface area contributed by atoms with Crippen LogP contribution in [0.3, 0.4) is 0 Å². The maximum absolute atomic E-state index is 14.4. The van der Waals surface area contributed by atoms with Crippen LogP contribution in [0.4, 0.5) is 9.18 Å². The van der Waals surface area contributed by atoms with Gasteiger partial charge in [-0.2, -0.15) is 5.10 Å². The Bertz CT molecular complexity index is 963. The lowest BCUT2D eigenvalue weighted by atomic mass is 9.97. The molecule has 0 aliphatic carbocycles. The molecule has 3 amide bonds. The topological polar surface area (TPSA) is 74.2 Å². The lowest BCUT2D eigenvalue weighted by Gasteiger charge is -2.25. The van der Waals surface area contributed by atoms with Crippen molar-refractivity contribution in [1.82, 2.24) is 15.2 Å². The Morgan fingerprint density at radius 2 is 1.93 bits per heavy atom. The molecule has 0 spiro atoms. The summed E-state index contributed by atoms with van der Waals surface area (Å²) in [5.74, 6) is -0.155. The Morgan fingerprint density at radius 3 is 2.63 bits per heavy atom. The van der Waals surface area contributed by atoms with E-state index in [0.717, 1.165) is 5.56 Å². The molecule has 158 valence electrons. The molecular weight excluding hydrogens is 387 g/mol. The van der Waals surface area contributed by atoms with Crippen LogP contribution in [0.5, 0.6) is 5.75 Å². The fourth-order valence-electron chi connectivity index (χ4n) is 3.42. The first-order valence-electron chi connectivity index (χ1n) is 9.72.